The predicted octanol–water partition coefficient (Wildman–Crippen LogP) is 4.53. The van der Waals surface area contributed by atoms with Crippen LogP contribution in [0.2, 0.25) is 0 Å². The second kappa shape index (κ2) is 9.51. The van der Waals surface area contributed by atoms with Crippen LogP contribution in [0.4, 0.5) is 10.1 Å². The molecular weight excluding hydrogens is 333 g/mol. The molecule has 0 bridgehead atoms. The number of carbonyl (C=O) groups is 2. The molecule has 0 aliphatic rings. The molecule has 0 radical (unpaired) electrons. The van der Waals surface area contributed by atoms with Gasteiger partial charge in [0.25, 0.3) is 5.91 Å². The van der Waals surface area contributed by atoms with Gasteiger partial charge in [0.2, 0.25) is 0 Å². The van der Waals surface area contributed by atoms with E-state index in [4.69, 9.17) is 4.74 Å². The number of halogens is 1. The lowest BCUT2D eigenvalue weighted by atomic mass is 9.97. The summed E-state index contributed by atoms with van der Waals surface area (Å²) < 4.78 is 17.8. The van der Waals surface area contributed by atoms with Crippen LogP contribution in [0.3, 0.4) is 0 Å². The van der Waals surface area contributed by atoms with Crippen molar-refractivity contribution in [1.29, 1.82) is 0 Å². The van der Waals surface area contributed by atoms with Crippen LogP contribution in [0, 0.1) is 5.82 Å². The molecule has 1 atom stereocenters. The molecule has 0 saturated heterocycles. The maximum absolute atomic E-state index is 12.8. The topological polar surface area (TPSA) is 55.4 Å². The van der Waals surface area contributed by atoms with Crippen LogP contribution >= 0.6 is 0 Å². The SMILES string of the molecule is CC[C@@H](C)c1ccccc1NC(=O)COC(=O)/C=C/c1ccc(F)cc1. The molecule has 2 aromatic rings. The molecule has 2 aromatic carbocycles. The maximum atomic E-state index is 12.8. The molecule has 136 valence electrons. The van der Waals surface area contributed by atoms with Crippen molar-refractivity contribution >= 4 is 23.6 Å². The molecule has 0 unspecified atom stereocenters. The summed E-state index contributed by atoms with van der Waals surface area (Å²) in [7, 11) is 0. The number of esters is 1. The van der Waals surface area contributed by atoms with Crippen molar-refractivity contribution in [1.82, 2.24) is 0 Å². The Bertz CT molecular complexity index is 784. The molecular formula is C21H22FNO3. The number of carbonyl (C=O) groups excluding carboxylic acids is 2. The fraction of sp³-hybridized carbons (Fsp3) is 0.238. The number of nitrogens with one attached hydrogen (secondary N) is 1. The molecule has 0 spiro atoms. The summed E-state index contributed by atoms with van der Waals surface area (Å²) in [6.07, 6.45) is 3.65. The van der Waals surface area contributed by atoms with Crippen molar-refractivity contribution < 1.29 is 18.7 Å². The summed E-state index contributed by atoms with van der Waals surface area (Å²) in [4.78, 5) is 23.7. The van der Waals surface area contributed by atoms with Crippen LogP contribution in [-0.4, -0.2) is 18.5 Å². The van der Waals surface area contributed by atoms with Crippen LogP contribution in [-0.2, 0) is 14.3 Å². The highest BCUT2D eigenvalue weighted by molar-refractivity contribution is 5.95. The molecule has 0 fully saturated rings. The minimum atomic E-state index is -0.639. The van der Waals surface area contributed by atoms with Crippen molar-refractivity contribution in [2.75, 3.05) is 11.9 Å². The Morgan fingerprint density at radius 1 is 1.15 bits per heavy atom. The summed E-state index contributed by atoms with van der Waals surface area (Å²) in [6, 6.07) is 13.3. The maximum Gasteiger partial charge on any atom is 0.331 e. The number of para-hydroxylation sites is 1. The van der Waals surface area contributed by atoms with Crippen molar-refractivity contribution in [3.8, 4) is 0 Å². The highest BCUT2D eigenvalue weighted by Gasteiger charge is 2.12. The van der Waals surface area contributed by atoms with Crippen LogP contribution in [0.25, 0.3) is 6.08 Å². The van der Waals surface area contributed by atoms with E-state index >= 15 is 0 Å². The number of anilines is 1. The molecule has 5 heteroatoms. The van der Waals surface area contributed by atoms with Crippen molar-refractivity contribution in [2.24, 2.45) is 0 Å². The van der Waals surface area contributed by atoms with E-state index in [2.05, 4.69) is 19.2 Å². The Balaban J connectivity index is 1.87. The van der Waals surface area contributed by atoms with Gasteiger partial charge in [0.05, 0.1) is 0 Å². The van der Waals surface area contributed by atoms with E-state index in [1.165, 1.54) is 36.4 Å². The average molecular weight is 355 g/mol. The summed E-state index contributed by atoms with van der Waals surface area (Å²) in [5.74, 6) is -1.07. The van der Waals surface area contributed by atoms with Crippen LogP contribution in [0.15, 0.2) is 54.6 Å². The highest BCUT2D eigenvalue weighted by atomic mass is 19.1. The van der Waals surface area contributed by atoms with Crippen LogP contribution < -0.4 is 5.32 Å². The van der Waals surface area contributed by atoms with Crippen molar-refractivity contribution in [3.05, 3.63) is 71.6 Å². The first-order valence-corrected chi connectivity index (χ1v) is 8.48. The Morgan fingerprint density at radius 3 is 2.54 bits per heavy atom. The van der Waals surface area contributed by atoms with E-state index < -0.39 is 11.9 Å². The van der Waals surface area contributed by atoms with Gasteiger partial charge in [-0.3, -0.25) is 4.79 Å². The molecule has 2 rings (SSSR count). The van der Waals surface area contributed by atoms with E-state index in [-0.39, 0.29) is 12.4 Å². The third kappa shape index (κ3) is 5.84. The number of ether oxygens (including phenoxy) is 1. The Labute approximate surface area is 152 Å². The molecule has 0 aliphatic heterocycles. The predicted molar refractivity (Wildman–Crippen MR) is 100 cm³/mol. The van der Waals surface area contributed by atoms with Crippen molar-refractivity contribution in [2.45, 2.75) is 26.2 Å². The van der Waals surface area contributed by atoms with E-state index in [1.807, 2.05) is 24.3 Å². The van der Waals surface area contributed by atoms with E-state index in [1.54, 1.807) is 0 Å². The molecule has 0 saturated carbocycles. The third-order valence-corrected chi connectivity index (χ3v) is 4.01. The van der Waals surface area contributed by atoms with E-state index in [9.17, 15) is 14.0 Å². The first-order chi connectivity index (χ1) is 12.5. The highest BCUT2D eigenvalue weighted by Crippen LogP contribution is 2.26. The average Bonchev–Trinajstić information content (AvgIpc) is 2.65. The zero-order valence-electron chi connectivity index (χ0n) is 14.9. The monoisotopic (exact) mass is 355 g/mol. The molecule has 26 heavy (non-hydrogen) atoms. The Kier molecular flexibility index (Phi) is 7.09. The summed E-state index contributed by atoms with van der Waals surface area (Å²) in [5.41, 5.74) is 2.44. The molecule has 0 aliphatic carbocycles. The first kappa shape index (κ1) is 19.4. The van der Waals surface area contributed by atoms with E-state index in [0.717, 1.165) is 17.7 Å². The molecule has 0 heterocycles. The fourth-order valence-electron chi connectivity index (χ4n) is 2.37. The number of amides is 1. The zero-order chi connectivity index (χ0) is 18.9. The minimum absolute atomic E-state index is 0.313. The van der Waals surface area contributed by atoms with Crippen molar-refractivity contribution in [3.63, 3.8) is 0 Å². The largest absolute Gasteiger partial charge is 0.452 e. The van der Waals surface area contributed by atoms with Gasteiger partial charge in [-0.1, -0.05) is 44.2 Å². The van der Waals surface area contributed by atoms with Gasteiger partial charge in [0, 0.05) is 11.8 Å². The number of rotatable bonds is 7. The second-order valence-corrected chi connectivity index (χ2v) is 5.94. The van der Waals surface area contributed by atoms with Gasteiger partial charge in [-0.15, -0.1) is 0 Å². The van der Waals surface area contributed by atoms with Gasteiger partial charge in [-0.05, 0) is 47.7 Å². The van der Waals surface area contributed by atoms with E-state index in [0.29, 0.717) is 11.5 Å². The molecule has 1 N–H and O–H groups in total. The van der Waals surface area contributed by atoms with Gasteiger partial charge >= 0.3 is 5.97 Å². The quantitative estimate of drug-likeness (QED) is 0.586. The lowest BCUT2D eigenvalue weighted by Crippen LogP contribution is -2.21. The lowest BCUT2D eigenvalue weighted by molar-refractivity contribution is -0.142. The zero-order valence-corrected chi connectivity index (χ0v) is 14.9. The van der Waals surface area contributed by atoms with Gasteiger partial charge in [-0.25, -0.2) is 9.18 Å². The number of hydrogen-bond donors (Lipinski definition) is 1. The molecule has 1 amide bonds. The third-order valence-electron chi connectivity index (χ3n) is 4.01. The fourth-order valence-corrected chi connectivity index (χ4v) is 2.37. The lowest BCUT2D eigenvalue weighted by Gasteiger charge is -2.15. The smallest absolute Gasteiger partial charge is 0.331 e. The Hall–Kier alpha value is -2.95. The second-order valence-electron chi connectivity index (χ2n) is 5.94. The van der Waals surface area contributed by atoms with Crippen LogP contribution in [0.5, 0.6) is 0 Å². The van der Waals surface area contributed by atoms with Gasteiger partial charge < -0.3 is 10.1 Å². The molecule has 4 nitrogen and oxygen atoms in total. The standard InChI is InChI=1S/C21H22FNO3/c1-3-15(2)18-6-4-5-7-19(18)23-20(24)14-26-21(25)13-10-16-8-11-17(22)12-9-16/h4-13,15H,3,14H2,1-2H3,(H,23,24)/b13-10+/t15-/m1/s1. The van der Waals surface area contributed by atoms with Gasteiger partial charge in [-0.2, -0.15) is 0 Å². The van der Waals surface area contributed by atoms with Crippen LogP contribution in [0.1, 0.15) is 37.3 Å². The first-order valence-electron chi connectivity index (χ1n) is 8.48. The Morgan fingerprint density at radius 2 is 1.85 bits per heavy atom. The van der Waals surface area contributed by atoms with Gasteiger partial charge in [0.15, 0.2) is 6.61 Å². The molecule has 0 aromatic heterocycles. The summed E-state index contributed by atoms with van der Waals surface area (Å²) in [5, 5.41) is 2.78. The normalized spacial score (nSPS) is 12.0. The van der Waals surface area contributed by atoms with Gasteiger partial charge in [0.1, 0.15) is 5.82 Å². The number of benzene rings is 2. The minimum Gasteiger partial charge on any atom is -0.452 e. The number of hydrogen-bond acceptors (Lipinski definition) is 3. The summed E-state index contributed by atoms with van der Waals surface area (Å²) >= 11 is 0. The summed E-state index contributed by atoms with van der Waals surface area (Å²) in [6.45, 7) is 3.80.